The van der Waals surface area contributed by atoms with E-state index in [2.05, 4.69) is 4.98 Å². The molecule has 3 aromatic carbocycles. The van der Waals surface area contributed by atoms with Crippen LogP contribution in [0.2, 0.25) is 0 Å². The Morgan fingerprint density at radius 3 is 2.40 bits per heavy atom. The molecule has 8 nitrogen and oxygen atoms in total. The van der Waals surface area contributed by atoms with Crippen molar-refractivity contribution in [2.75, 3.05) is 0 Å². The van der Waals surface area contributed by atoms with Gasteiger partial charge < -0.3 is 5.11 Å². The molecule has 3 N–H and O–H groups in total. The predicted octanol–water partition coefficient (Wildman–Crippen LogP) is 5.97. The van der Waals surface area contributed by atoms with Crippen LogP contribution in [0.3, 0.4) is 0 Å². The standard InChI is InChI=1S/C30H23F3N4O4S2/c31-21-3-1-2-18(12-21)19-11-20(14-22(32)13-19)28-23(8-17-6-7-27(24(33)9-17)43(34,40)41)26(10-16-4-5-16)37(36-28)30-35-25(15-42-30)29(38)39/h1-3,6-7,9,11-16H,4-5,8,10H2,(H,38,39)(H2,34,40,41). The minimum Gasteiger partial charge on any atom is -0.476 e. The Kier molecular flexibility index (Phi) is 7.40. The van der Waals surface area contributed by atoms with Crippen LogP contribution in [-0.4, -0.2) is 34.3 Å². The van der Waals surface area contributed by atoms with Crippen LogP contribution in [0.25, 0.3) is 27.5 Å². The average molecular weight is 625 g/mol. The van der Waals surface area contributed by atoms with Crippen LogP contribution in [0.5, 0.6) is 0 Å². The lowest BCUT2D eigenvalue weighted by atomic mass is 9.95. The number of nitrogens with two attached hydrogens (primary N) is 1. The maximum atomic E-state index is 15.1. The van der Waals surface area contributed by atoms with Crippen LogP contribution >= 0.6 is 11.3 Å². The summed E-state index contributed by atoms with van der Waals surface area (Å²) in [4.78, 5) is 15.2. The number of hydrogen-bond acceptors (Lipinski definition) is 6. The number of halogens is 3. The topological polar surface area (TPSA) is 128 Å². The number of carboxylic acids is 1. The van der Waals surface area contributed by atoms with Crippen molar-refractivity contribution in [1.29, 1.82) is 0 Å². The molecule has 6 rings (SSSR count). The van der Waals surface area contributed by atoms with Gasteiger partial charge in [0.05, 0.1) is 11.4 Å². The van der Waals surface area contributed by atoms with E-state index in [1.165, 1.54) is 41.8 Å². The normalized spacial score (nSPS) is 13.4. The summed E-state index contributed by atoms with van der Waals surface area (Å²) in [7, 11) is -4.28. The van der Waals surface area contributed by atoms with E-state index in [0.29, 0.717) is 51.5 Å². The largest absolute Gasteiger partial charge is 0.476 e. The molecule has 0 atom stereocenters. The van der Waals surface area contributed by atoms with Crippen molar-refractivity contribution >= 4 is 27.3 Å². The highest BCUT2D eigenvalue weighted by Crippen LogP contribution is 2.39. The third-order valence-electron chi connectivity index (χ3n) is 7.17. The Bertz CT molecular complexity index is 2000. The number of carboxylic acid groups (broad SMARTS) is 1. The molecular formula is C30H23F3N4O4S2. The number of primary sulfonamides is 1. The summed E-state index contributed by atoms with van der Waals surface area (Å²) >= 11 is 1.08. The molecule has 1 saturated carbocycles. The second-order valence-corrected chi connectivity index (χ2v) is 12.7. The third-order valence-corrected chi connectivity index (χ3v) is 8.93. The van der Waals surface area contributed by atoms with Gasteiger partial charge in [-0.15, -0.1) is 11.3 Å². The number of carbonyl (C=O) groups is 1. The maximum absolute atomic E-state index is 15.1. The fourth-order valence-corrected chi connectivity index (χ4v) is 6.34. The molecule has 0 unspecified atom stereocenters. The number of rotatable bonds is 9. The molecule has 0 bridgehead atoms. The van der Waals surface area contributed by atoms with Crippen molar-refractivity contribution in [3.05, 3.63) is 106 Å². The Balaban J connectivity index is 1.55. The van der Waals surface area contributed by atoms with Gasteiger partial charge in [0.25, 0.3) is 0 Å². The zero-order valence-electron chi connectivity index (χ0n) is 22.3. The highest BCUT2D eigenvalue weighted by molar-refractivity contribution is 7.89. The van der Waals surface area contributed by atoms with E-state index >= 15 is 4.39 Å². The van der Waals surface area contributed by atoms with Crippen LogP contribution in [0, 0.1) is 23.4 Å². The van der Waals surface area contributed by atoms with Crippen molar-refractivity contribution in [2.24, 2.45) is 11.1 Å². The van der Waals surface area contributed by atoms with Gasteiger partial charge in [-0.25, -0.2) is 41.2 Å². The minimum atomic E-state index is -4.28. The predicted molar refractivity (Wildman–Crippen MR) is 154 cm³/mol. The lowest BCUT2D eigenvalue weighted by Gasteiger charge is -2.11. The van der Waals surface area contributed by atoms with Crippen molar-refractivity contribution in [3.8, 4) is 27.5 Å². The zero-order valence-corrected chi connectivity index (χ0v) is 23.9. The smallest absolute Gasteiger partial charge is 0.355 e. The van der Waals surface area contributed by atoms with E-state index in [0.717, 1.165) is 36.3 Å². The quantitative estimate of drug-likeness (QED) is 0.208. The van der Waals surface area contributed by atoms with Crippen LogP contribution in [0.15, 0.2) is 70.9 Å². The summed E-state index contributed by atoms with van der Waals surface area (Å²) in [5.41, 5.74) is 3.12. The number of thiazole rings is 1. The first-order chi connectivity index (χ1) is 20.5. The van der Waals surface area contributed by atoms with E-state index in [-0.39, 0.29) is 17.2 Å². The number of aromatic carboxylic acids is 1. The summed E-state index contributed by atoms with van der Waals surface area (Å²) in [6.45, 7) is 0. The molecule has 2 aromatic heterocycles. The van der Waals surface area contributed by atoms with Gasteiger partial charge in [-0.1, -0.05) is 18.2 Å². The summed E-state index contributed by atoms with van der Waals surface area (Å²) in [6, 6.07) is 13.6. The minimum absolute atomic E-state index is 0.0855. The molecule has 220 valence electrons. The molecule has 43 heavy (non-hydrogen) atoms. The van der Waals surface area contributed by atoms with Crippen molar-refractivity contribution in [1.82, 2.24) is 14.8 Å². The lowest BCUT2D eigenvalue weighted by Crippen LogP contribution is -2.14. The lowest BCUT2D eigenvalue weighted by molar-refractivity contribution is 0.0691. The van der Waals surface area contributed by atoms with Crippen LogP contribution in [0.4, 0.5) is 13.2 Å². The summed E-state index contributed by atoms with van der Waals surface area (Å²) in [6.07, 6.45) is 2.58. The van der Waals surface area contributed by atoms with Gasteiger partial charge >= 0.3 is 5.97 Å². The third kappa shape index (κ3) is 6.10. The fourth-order valence-electron chi connectivity index (χ4n) is 4.98. The number of hydrogen-bond donors (Lipinski definition) is 2. The summed E-state index contributed by atoms with van der Waals surface area (Å²) in [5.74, 6) is -2.95. The SMILES string of the molecule is NS(=O)(=O)c1ccc(Cc2c(-c3cc(F)cc(-c4cccc(F)c4)c3)nn(-c3nc(C(=O)O)cs3)c2CC2CC2)cc1F. The molecule has 2 heterocycles. The van der Waals surface area contributed by atoms with E-state index in [1.807, 2.05) is 0 Å². The Morgan fingerprint density at radius 2 is 1.74 bits per heavy atom. The van der Waals surface area contributed by atoms with Crippen molar-refractivity contribution in [2.45, 2.75) is 30.6 Å². The van der Waals surface area contributed by atoms with Gasteiger partial charge in [-0.3, -0.25) is 0 Å². The van der Waals surface area contributed by atoms with Crippen LogP contribution in [0.1, 0.15) is 40.2 Å². The second-order valence-electron chi connectivity index (χ2n) is 10.4. The van der Waals surface area contributed by atoms with Crippen LogP contribution < -0.4 is 5.14 Å². The number of benzene rings is 3. The Labute approximate surface area is 248 Å². The molecule has 0 aliphatic heterocycles. The van der Waals surface area contributed by atoms with Crippen molar-refractivity contribution in [3.63, 3.8) is 0 Å². The first kappa shape index (κ1) is 28.8. The zero-order chi connectivity index (χ0) is 30.5. The molecule has 0 saturated heterocycles. The molecule has 1 aliphatic rings. The first-order valence-corrected chi connectivity index (χ1v) is 15.6. The van der Waals surface area contributed by atoms with E-state index in [9.17, 15) is 27.1 Å². The highest BCUT2D eigenvalue weighted by atomic mass is 32.2. The second kappa shape index (κ2) is 11.1. The fraction of sp³-hybridized carbons (Fsp3) is 0.167. The molecule has 5 aromatic rings. The summed E-state index contributed by atoms with van der Waals surface area (Å²) in [5, 5.41) is 21.1. The average Bonchev–Trinajstić information content (AvgIpc) is 3.49. The first-order valence-electron chi connectivity index (χ1n) is 13.1. The highest BCUT2D eigenvalue weighted by Gasteiger charge is 2.30. The van der Waals surface area contributed by atoms with Gasteiger partial charge in [0.1, 0.15) is 22.3 Å². The van der Waals surface area contributed by atoms with Crippen molar-refractivity contribution < 1.29 is 31.5 Å². The van der Waals surface area contributed by atoms with Gasteiger partial charge in [0.15, 0.2) is 5.69 Å². The number of sulfonamides is 1. The molecule has 0 radical (unpaired) electrons. The van der Waals surface area contributed by atoms with Gasteiger partial charge in [0, 0.05) is 22.9 Å². The number of nitrogens with zero attached hydrogens (tertiary/aromatic N) is 3. The number of aromatic nitrogens is 3. The van der Waals surface area contributed by atoms with E-state index in [1.54, 1.807) is 16.8 Å². The molecule has 0 spiro atoms. The Morgan fingerprint density at radius 1 is 1.00 bits per heavy atom. The van der Waals surface area contributed by atoms with Gasteiger partial charge in [-0.2, -0.15) is 5.10 Å². The van der Waals surface area contributed by atoms with Gasteiger partial charge in [-0.05, 0) is 84.3 Å². The van der Waals surface area contributed by atoms with Crippen LogP contribution in [-0.2, 0) is 22.9 Å². The molecule has 13 heteroatoms. The maximum Gasteiger partial charge on any atom is 0.355 e. The molecular weight excluding hydrogens is 601 g/mol. The van der Waals surface area contributed by atoms with Gasteiger partial charge in [0.2, 0.25) is 15.2 Å². The molecule has 1 fully saturated rings. The molecule has 0 amide bonds. The Hall–Kier alpha value is -4.33. The monoisotopic (exact) mass is 624 g/mol. The summed E-state index contributed by atoms with van der Waals surface area (Å²) < 4.78 is 69.0. The van der Waals surface area contributed by atoms with E-state index < -0.39 is 38.3 Å². The molecule has 1 aliphatic carbocycles. The van der Waals surface area contributed by atoms with E-state index in [4.69, 9.17) is 10.2 Å².